The van der Waals surface area contributed by atoms with E-state index in [-0.39, 0.29) is 18.4 Å². The van der Waals surface area contributed by atoms with Gasteiger partial charge in [-0.2, -0.15) is 0 Å². The van der Waals surface area contributed by atoms with Crippen molar-refractivity contribution >= 4 is 29.2 Å². The van der Waals surface area contributed by atoms with Crippen LogP contribution in [0.3, 0.4) is 0 Å². The number of anilines is 2. The van der Waals surface area contributed by atoms with Crippen LogP contribution < -0.4 is 15.5 Å². The monoisotopic (exact) mass is 358 g/mol. The predicted molar refractivity (Wildman–Crippen MR) is 100 cm³/mol. The molecule has 1 aromatic rings. The second-order valence-corrected chi connectivity index (χ2v) is 6.88. The number of benzene rings is 1. The van der Waals surface area contributed by atoms with Crippen LogP contribution in [0.25, 0.3) is 0 Å². The third kappa shape index (κ3) is 3.38. The summed E-state index contributed by atoms with van der Waals surface area (Å²) in [5.74, 6) is -0.647. The van der Waals surface area contributed by atoms with Crippen LogP contribution in [-0.4, -0.2) is 47.9 Å². The lowest BCUT2D eigenvalue weighted by molar-refractivity contribution is -0.133. The molecule has 140 valence electrons. The van der Waals surface area contributed by atoms with Gasteiger partial charge in [0.15, 0.2) is 0 Å². The molecule has 1 aliphatic carbocycles. The first kappa shape index (κ1) is 18.2. The van der Waals surface area contributed by atoms with Crippen molar-refractivity contribution in [2.24, 2.45) is 0 Å². The van der Waals surface area contributed by atoms with Gasteiger partial charge in [-0.15, -0.1) is 0 Å². The molecule has 0 atom stereocenters. The number of rotatable bonds is 6. The summed E-state index contributed by atoms with van der Waals surface area (Å²) >= 11 is 0. The summed E-state index contributed by atoms with van der Waals surface area (Å²) in [6.45, 7) is 5.75. The molecule has 1 aliphatic heterocycles. The van der Waals surface area contributed by atoms with E-state index >= 15 is 0 Å². The third-order valence-corrected chi connectivity index (χ3v) is 5.28. The molecule has 7 heteroatoms. The lowest BCUT2D eigenvalue weighted by atomic mass is 9.98. The average molecular weight is 358 g/mol. The largest absolute Gasteiger partial charge is 0.372 e. The molecule has 4 amide bonds. The molecule has 1 saturated heterocycles. The van der Waals surface area contributed by atoms with E-state index in [1.165, 1.54) is 0 Å². The normalized spacial score (nSPS) is 18.3. The van der Waals surface area contributed by atoms with Crippen molar-refractivity contribution in [1.82, 2.24) is 10.2 Å². The van der Waals surface area contributed by atoms with Gasteiger partial charge in [0.25, 0.3) is 5.91 Å². The van der Waals surface area contributed by atoms with Gasteiger partial charge < -0.3 is 15.5 Å². The van der Waals surface area contributed by atoms with E-state index in [4.69, 9.17) is 0 Å². The highest BCUT2D eigenvalue weighted by Gasteiger charge is 2.52. The van der Waals surface area contributed by atoms with Crippen LogP contribution in [0.2, 0.25) is 0 Å². The summed E-state index contributed by atoms with van der Waals surface area (Å²) in [4.78, 5) is 40.2. The van der Waals surface area contributed by atoms with Crippen molar-refractivity contribution in [2.45, 2.75) is 45.1 Å². The van der Waals surface area contributed by atoms with Gasteiger partial charge in [0.1, 0.15) is 12.1 Å². The molecular weight excluding hydrogens is 332 g/mol. The van der Waals surface area contributed by atoms with Crippen LogP contribution in [0.5, 0.6) is 0 Å². The number of carbonyl (C=O) groups excluding carboxylic acids is 3. The summed E-state index contributed by atoms with van der Waals surface area (Å²) in [7, 11) is 0. The summed E-state index contributed by atoms with van der Waals surface area (Å²) in [6.07, 6.45) is 3.15. The van der Waals surface area contributed by atoms with Crippen LogP contribution in [0, 0.1) is 0 Å². The van der Waals surface area contributed by atoms with Crippen molar-refractivity contribution in [1.29, 1.82) is 0 Å². The number of amides is 4. The lowest BCUT2D eigenvalue weighted by Gasteiger charge is -2.21. The number of urea groups is 1. The molecule has 0 unspecified atom stereocenters. The van der Waals surface area contributed by atoms with E-state index in [2.05, 4.69) is 29.4 Å². The second kappa shape index (κ2) is 7.35. The molecular formula is C19H26N4O3. The lowest BCUT2D eigenvalue weighted by Crippen LogP contribution is -2.44. The molecule has 1 saturated carbocycles. The molecule has 26 heavy (non-hydrogen) atoms. The SMILES string of the molecule is CCN(CC)c1ccc(NC(=O)CN2C(=O)NC3(CCCC3)C2=O)cc1. The van der Waals surface area contributed by atoms with Gasteiger partial charge >= 0.3 is 6.03 Å². The van der Waals surface area contributed by atoms with Gasteiger partial charge in [0, 0.05) is 24.5 Å². The Balaban J connectivity index is 1.60. The number of hydrogen-bond acceptors (Lipinski definition) is 4. The van der Waals surface area contributed by atoms with E-state index in [1.54, 1.807) is 0 Å². The Labute approximate surface area is 153 Å². The first-order valence-corrected chi connectivity index (χ1v) is 9.28. The van der Waals surface area contributed by atoms with Crippen LogP contribution in [-0.2, 0) is 9.59 Å². The highest BCUT2D eigenvalue weighted by molar-refractivity contribution is 6.10. The van der Waals surface area contributed by atoms with Gasteiger partial charge in [0.05, 0.1) is 0 Å². The minimum Gasteiger partial charge on any atom is -0.372 e. The van der Waals surface area contributed by atoms with E-state index in [9.17, 15) is 14.4 Å². The summed E-state index contributed by atoms with van der Waals surface area (Å²) in [5, 5.41) is 5.54. The van der Waals surface area contributed by atoms with Gasteiger partial charge in [-0.1, -0.05) is 12.8 Å². The summed E-state index contributed by atoms with van der Waals surface area (Å²) < 4.78 is 0. The van der Waals surface area contributed by atoms with Gasteiger partial charge in [-0.05, 0) is 51.0 Å². The van der Waals surface area contributed by atoms with Crippen LogP contribution >= 0.6 is 0 Å². The standard InChI is InChI=1S/C19H26N4O3/c1-3-22(4-2)15-9-7-14(8-10-15)20-16(24)13-23-17(25)19(21-18(23)26)11-5-6-12-19/h7-10H,3-6,11-13H2,1-2H3,(H,20,24)(H,21,26). The Morgan fingerprint density at radius 2 is 1.77 bits per heavy atom. The molecule has 0 aromatic heterocycles. The van der Waals surface area contributed by atoms with Crippen molar-refractivity contribution in [3.05, 3.63) is 24.3 Å². The summed E-state index contributed by atoms with van der Waals surface area (Å²) in [6, 6.07) is 7.09. The smallest absolute Gasteiger partial charge is 0.325 e. The number of carbonyl (C=O) groups is 3. The number of nitrogens with zero attached hydrogens (tertiary/aromatic N) is 2. The fourth-order valence-corrected chi connectivity index (χ4v) is 3.83. The molecule has 7 nitrogen and oxygen atoms in total. The maximum Gasteiger partial charge on any atom is 0.325 e. The fraction of sp³-hybridized carbons (Fsp3) is 0.526. The van der Waals surface area contributed by atoms with E-state index in [0.29, 0.717) is 18.5 Å². The van der Waals surface area contributed by atoms with Crippen molar-refractivity contribution in [3.63, 3.8) is 0 Å². The van der Waals surface area contributed by atoms with Crippen LogP contribution in [0.4, 0.5) is 16.2 Å². The Kier molecular flexibility index (Phi) is 5.15. The summed E-state index contributed by atoms with van der Waals surface area (Å²) in [5.41, 5.74) is 0.960. The number of imide groups is 1. The van der Waals surface area contributed by atoms with Crippen molar-refractivity contribution in [2.75, 3.05) is 29.9 Å². The molecule has 1 spiro atoms. The maximum atomic E-state index is 12.6. The Bertz CT molecular complexity index is 691. The quantitative estimate of drug-likeness (QED) is 0.765. The molecule has 2 aliphatic rings. The molecule has 1 aromatic carbocycles. The van der Waals surface area contributed by atoms with Gasteiger partial charge in [-0.3, -0.25) is 14.5 Å². The topological polar surface area (TPSA) is 81.8 Å². The zero-order chi connectivity index (χ0) is 18.7. The highest BCUT2D eigenvalue weighted by Crippen LogP contribution is 2.34. The number of hydrogen-bond donors (Lipinski definition) is 2. The molecule has 2 N–H and O–H groups in total. The van der Waals surface area contributed by atoms with E-state index in [0.717, 1.165) is 36.5 Å². The van der Waals surface area contributed by atoms with Crippen LogP contribution in [0.1, 0.15) is 39.5 Å². The molecule has 3 rings (SSSR count). The van der Waals surface area contributed by atoms with E-state index < -0.39 is 11.6 Å². The molecule has 2 fully saturated rings. The van der Waals surface area contributed by atoms with Crippen LogP contribution in [0.15, 0.2) is 24.3 Å². The first-order chi connectivity index (χ1) is 12.5. The Morgan fingerprint density at radius 1 is 1.15 bits per heavy atom. The zero-order valence-corrected chi connectivity index (χ0v) is 15.4. The maximum absolute atomic E-state index is 12.6. The van der Waals surface area contributed by atoms with Gasteiger partial charge in [-0.25, -0.2) is 4.79 Å². The molecule has 1 heterocycles. The molecule has 0 radical (unpaired) electrons. The van der Waals surface area contributed by atoms with Crippen molar-refractivity contribution in [3.8, 4) is 0 Å². The number of nitrogens with one attached hydrogen (secondary N) is 2. The Morgan fingerprint density at radius 3 is 2.35 bits per heavy atom. The zero-order valence-electron chi connectivity index (χ0n) is 15.4. The third-order valence-electron chi connectivity index (χ3n) is 5.28. The van der Waals surface area contributed by atoms with Crippen molar-refractivity contribution < 1.29 is 14.4 Å². The van der Waals surface area contributed by atoms with E-state index in [1.807, 2.05) is 24.3 Å². The molecule has 0 bridgehead atoms. The first-order valence-electron chi connectivity index (χ1n) is 9.28. The Hall–Kier alpha value is -2.57. The predicted octanol–water partition coefficient (Wildman–Crippen LogP) is 2.34. The fourth-order valence-electron chi connectivity index (χ4n) is 3.83. The second-order valence-electron chi connectivity index (χ2n) is 6.88. The minimum absolute atomic E-state index is 0.260. The van der Waals surface area contributed by atoms with Gasteiger partial charge in [0.2, 0.25) is 5.91 Å². The minimum atomic E-state index is -0.775. The highest BCUT2D eigenvalue weighted by atomic mass is 16.2. The average Bonchev–Trinajstić information content (AvgIpc) is 3.18.